The number of benzene rings is 2. The van der Waals surface area contributed by atoms with Crippen molar-refractivity contribution in [2.45, 2.75) is 12.5 Å². The summed E-state index contributed by atoms with van der Waals surface area (Å²) in [7, 11) is 0. The summed E-state index contributed by atoms with van der Waals surface area (Å²) >= 11 is 11.4. The molecule has 0 saturated heterocycles. The number of rotatable bonds is 1. The average molecular weight is 275 g/mol. The first-order valence-corrected chi connectivity index (χ1v) is 6.57. The molecule has 18 heavy (non-hydrogen) atoms. The normalized spacial score (nSPS) is 18.1. The highest BCUT2D eigenvalue weighted by atomic mass is 35.5. The van der Waals surface area contributed by atoms with Crippen molar-refractivity contribution >= 4 is 28.7 Å². The van der Waals surface area contributed by atoms with E-state index in [0.717, 1.165) is 33.2 Å². The maximum Gasteiger partial charge on any atom is 0.129 e. The van der Waals surface area contributed by atoms with Crippen LogP contribution in [0.3, 0.4) is 0 Å². The molecular formula is C15H11ClOS. The van der Waals surface area contributed by atoms with Crippen LogP contribution in [0.2, 0.25) is 5.02 Å². The molecule has 0 amide bonds. The molecular weight excluding hydrogens is 264 g/mol. The summed E-state index contributed by atoms with van der Waals surface area (Å²) in [6, 6.07) is 15.7. The van der Waals surface area contributed by atoms with Gasteiger partial charge in [-0.15, -0.1) is 0 Å². The average Bonchev–Trinajstić information content (AvgIpc) is 2.39. The number of hydrogen-bond donors (Lipinski definition) is 0. The Balaban J connectivity index is 1.94. The summed E-state index contributed by atoms with van der Waals surface area (Å²) in [6.45, 7) is 0. The minimum absolute atomic E-state index is 0.00957. The van der Waals surface area contributed by atoms with Crippen molar-refractivity contribution in [2.24, 2.45) is 0 Å². The number of ether oxygens (including phenoxy) is 1. The fourth-order valence-corrected chi connectivity index (χ4v) is 2.58. The van der Waals surface area contributed by atoms with E-state index in [9.17, 15) is 0 Å². The van der Waals surface area contributed by atoms with Gasteiger partial charge in [-0.25, -0.2) is 0 Å². The van der Waals surface area contributed by atoms with Gasteiger partial charge in [-0.2, -0.15) is 0 Å². The molecule has 1 nitrogen and oxygen atoms in total. The van der Waals surface area contributed by atoms with E-state index in [1.807, 2.05) is 48.5 Å². The molecule has 0 spiro atoms. The van der Waals surface area contributed by atoms with Crippen molar-refractivity contribution in [3.8, 4) is 5.75 Å². The summed E-state index contributed by atoms with van der Waals surface area (Å²) in [5.74, 6) is 0.869. The molecule has 0 fully saturated rings. The van der Waals surface area contributed by atoms with Gasteiger partial charge in [0.1, 0.15) is 11.9 Å². The van der Waals surface area contributed by atoms with E-state index < -0.39 is 0 Å². The lowest BCUT2D eigenvalue weighted by atomic mass is 9.97. The highest BCUT2D eigenvalue weighted by molar-refractivity contribution is 7.80. The second-order valence-corrected chi connectivity index (χ2v) is 5.21. The van der Waals surface area contributed by atoms with Crippen LogP contribution in [0.5, 0.6) is 5.75 Å². The lowest BCUT2D eigenvalue weighted by Crippen LogP contribution is -2.19. The molecule has 3 heteroatoms. The van der Waals surface area contributed by atoms with Crippen LogP contribution in [0, 0.1) is 0 Å². The number of halogens is 1. The molecule has 0 aromatic heterocycles. The van der Waals surface area contributed by atoms with Crippen molar-refractivity contribution < 1.29 is 4.74 Å². The zero-order chi connectivity index (χ0) is 12.5. The molecule has 0 aliphatic carbocycles. The van der Waals surface area contributed by atoms with Crippen LogP contribution in [0.15, 0.2) is 48.5 Å². The van der Waals surface area contributed by atoms with E-state index >= 15 is 0 Å². The van der Waals surface area contributed by atoms with Gasteiger partial charge < -0.3 is 4.74 Å². The molecule has 3 rings (SSSR count). The molecule has 1 aliphatic rings. The second kappa shape index (κ2) is 4.71. The van der Waals surface area contributed by atoms with Crippen molar-refractivity contribution in [2.75, 3.05) is 0 Å². The van der Waals surface area contributed by atoms with E-state index in [1.165, 1.54) is 0 Å². The highest BCUT2D eigenvalue weighted by Gasteiger charge is 2.24. The van der Waals surface area contributed by atoms with Crippen LogP contribution in [0.25, 0.3) is 0 Å². The SMILES string of the molecule is S=C1C[C@H](c2ccc(Cl)cc2)Oc2ccccc21. The molecule has 0 radical (unpaired) electrons. The molecule has 0 bridgehead atoms. The van der Waals surface area contributed by atoms with Crippen LogP contribution in [-0.4, -0.2) is 4.86 Å². The van der Waals surface area contributed by atoms with Gasteiger partial charge in [0, 0.05) is 21.9 Å². The number of hydrogen-bond acceptors (Lipinski definition) is 2. The summed E-state index contributed by atoms with van der Waals surface area (Å²) < 4.78 is 6.00. The zero-order valence-corrected chi connectivity index (χ0v) is 11.2. The lowest BCUT2D eigenvalue weighted by Gasteiger charge is -2.27. The molecule has 0 unspecified atom stereocenters. The Labute approximate surface area is 116 Å². The Bertz CT molecular complexity index is 592. The molecule has 90 valence electrons. The van der Waals surface area contributed by atoms with Crippen LogP contribution in [-0.2, 0) is 0 Å². The minimum Gasteiger partial charge on any atom is -0.485 e. The Kier molecular flexibility index (Phi) is 3.06. The number of thiocarbonyl (C=S) groups is 1. The quantitative estimate of drug-likeness (QED) is 0.704. The lowest BCUT2D eigenvalue weighted by molar-refractivity contribution is 0.207. The maximum absolute atomic E-state index is 6.00. The van der Waals surface area contributed by atoms with E-state index in [0.29, 0.717) is 0 Å². The monoisotopic (exact) mass is 274 g/mol. The molecule has 1 heterocycles. The van der Waals surface area contributed by atoms with Gasteiger partial charge in [0.2, 0.25) is 0 Å². The fraction of sp³-hybridized carbons (Fsp3) is 0.133. The predicted octanol–water partition coefficient (Wildman–Crippen LogP) is 4.58. The molecule has 2 aromatic carbocycles. The highest BCUT2D eigenvalue weighted by Crippen LogP contribution is 2.35. The van der Waals surface area contributed by atoms with Gasteiger partial charge in [0.15, 0.2) is 0 Å². The summed E-state index contributed by atoms with van der Waals surface area (Å²) in [4.78, 5) is 0.955. The molecule has 0 N–H and O–H groups in total. The summed E-state index contributed by atoms with van der Waals surface area (Å²) in [5, 5.41) is 0.734. The molecule has 2 aromatic rings. The van der Waals surface area contributed by atoms with Gasteiger partial charge in [-0.05, 0) is 23.8 Å². The van der Waals surface area contributed by atoms with Gasteiger partial charge in [-0.3, -0.25) is 0 Å². The molecule has 1 aliphatic heterocycles. The van der Waals surface area contributed by atoms with Crippen LogP contribution >= 0.6 is 23.8 Å². The third-order valence-corrected chi connectivity index (χ3v) is 3.71. The first-order valence-electron chi connectivity index (χ1n) is 5.78. The summed E-state index contributed by atoms with van der Waals surface area (Å²) in [5.41, 5.74) is 2.15. The van der Waals surface area contributed by atoms with E-state index in [1.54, 1.807) is 0 Å². The van der Waals surface area contributed by atoms with Crippen LogP contribution in [0.4, 0.5) is 0 Å². The van der Waals surface area contributed by atoms with Crippen molar-refractivity contribution in [3.05, 3.63) is 64.7 Å². The first-order chi connectivity index (χ1) is 8.74. The van der Waals surface area contributed by atoms with E-state index in [2.05, 4.69) is 0 Å². The zero-order valence-electron chi connectivity index (χ0n) is 9.60. The topological polar surface area (TPSA) is 9.23 Å². The van der Waals surface area contributed by atoms with E-state index in [-0.39, 0.29) is 6.10 Å². The standard InChI is InChI=1S/C15H11ClOS/c16-11-7-5-10(6-8-11)14-9-15(18)12-3-1-2-4-13(12)17-14/h1-8,14H,9H2/t14-/m1/s1. The Morgan fingerprint density at radius 3 is 2.56 bits per heavy atom. The number of fused-ring (bicyclic) bond motifs is 1. The van der Waals surface area contributed by atoms with Gasteiger partial charge in [0.05, 0.1) is 0 Å². The van der Waals surface area contributed by atoms with Crippen molar-refractivity contribution in [1.82, 2.24) is 0 Å². The Hall–Kier alpha value is -1.38. The third-order valence-electron chi connectivity index (χ3n) is 3.07. The maximum atomic E-state index is 6.00. The Morgan fingerprint density at radius 2 is 1.78 bits per heavy atom. The van der Waals surface area contributed by atoms with Crippen molar-refractivity contribution in [3.63, 3.8) is 0 Å². The summed E-state index contributed by atoms with van der Waals surface area (Å²) in [6.07, 6.45) is 0.734. The fourth-order valence-electron chi connectivity index (χ4n) is 2.14. The Morgan fingerprint density at radius 1 is 1.06 bits per heavy atom. The second-order valence-electron chi connectivity index (χ2n) is 4.28. The predicted molar refractivity (Wildman–Crippen MR) is 77.6 cm³/mol. The van der Waals surface area contributed by atoms with E-state index in [4.69, 9.17) is 28.6 Å². The van der Waals surface area contributed by atoms with Gasteiger partial charge in [-0.1, -0.05) is 54.2 Å². The largest absolute Gasteiger partial charge is 0.485 e. The first kappa shape index (κ1) is 11.7. The number of para-hydroxylation sites is 1. The van der Waals surface area contributed by atoms with Crippen molar-refractivity contribution in [1.29, 1.82) is 0 Å². The van der Waals surface area contributed by atoms with Crippen LogP contribution < -0.4 is 4.74 Å². The van der Waals surface area contributed by atoms with Gasteiger partial charge >= 0.3 is 0 Å². The molecule has 1 atom stereocenters. The van der Waals surface area contributed by atoms with Crippen LogP contribution in [0.1, 0.15) is 23.7 Å². The van der Waals surface area contributed by atoms with Gasteiger partial charge in [0.25, 0.3) is 0 Å². The third kappa shape index (κ3) is 2.14. The minimum atomic E-state index is -0.00957. The molecule has 0 saturated carbocycles. The smallest absolute Gasteiger partial charge is 0.129 e.